The fraction of sp³-hybridized carbons (Fsp3) is 0.575. The molecule has 1 aromatic heterocycles. The van der Waals surface area contributed by atoms with E-state index in [9.17, 15) is 4.79 Å². The quantitative estimate of drug-likeness (QED) is 0.279. The molecule has 10 atom stereocenters. The number of para-hydroxylation sites is 2. The summed E-state index contributed by atoms with van der Waals surface area (Å²) >= 11 is 0. The molecule has 1 saturated carbocycles. The number of hydrogen-bond donors (Lipinski definition) is 1. The second kappa shape index (κ2) is 10.4. The average Bonchev–Trinajstić information content (AvgIpc) is 3.80. The number of nitrogens with one attached hydrogen (secondary N) is 1. The van der Waals surface area contributed by atoms with E-state index in [4.69, 9.17) is 9.47 Å². The van der Waals surface area contributed by atoms with Gasteiger partial charge in [0, 0.05) is 71.3 Å². The minimum Gasteiger partial charge on any atom is -0.469 e. The number of aromatic amines is 1. The molecule has 0 radical (unpaired) electrons. The molecule has 47 heavy (non-hydrogen) atoms. The molecule has 10 rings (SSSR count). The molecule has 6 aliphatic heterocycles. The van der Waals surface area contributed by atoms with Crippen LogP contribution in [0, 0.1) is 29.6 Å². The van der Waals surface area contributed by atoms with E-state index in [1.54, 1.807) is 7.11 Å². The van der Waals surface area contributed by atoms with Crippen molar-refractivity contribution in [2.75, 3.05) is 44.8 Å². The van der Waals surface area contributed by atoms with E-state index >= 15 is 0 Å². The van der Waals surface area contributed by atoms with E-state index in [1.165, 1.54) is 71.3 Å². The third-order valence-corrected chi connectivity index (χ3v) is 14.3. The van der Waals surface area contributed by atoms with Gasteiger partial charge in [-0.3, -0.25) is 14.6 Å². The number of allylic oxidation sites excluding steroid dienone is 1. The lowest BCUT2D eigenvalue weighted by atomic mass is 9.54. The van der Waals surface area contributed by atoms with Gasteiger partial charge in [-0.05, 0) is 74.2 Å². The van der Waals surface area contributed by atoms with E-state index in [2.05, 4.69) is 88.1 Å². The number of nitrogens with zero attached hydrogens (tertiary/aromatic N) is 3. The number of benzene rings is 2. The summed E-state index contributed by atoms with van der Waals surface area (Å²) in [6, 6.07) is 19.1. The van der Waals surface area contributed by atoms with Gasteiger partial charge in [0.1, 0.15) is 12.1 Å². The second-order valence-electron chi connectivity index (χ2n) is 15.7. The number of carbonyl (C=O) groups excluding carboxylic acids is 1. The van der Waals surface area contributed by atoms with Crippen molar-refractivity contribution in [1.82, 2.24) is 14.8 Å². The fourth-order valence-electron chi connectivity index (χ4n) is 12.5. The molecule has 7 heterocycles. The standard InChI is InChI=1S/C40H48N4O3/c1-4-23-21-43-17-15-40-30-11-7-9-13-32(30)44-37(40)29(27(23)19-34(40)43)22-47-38(44)35(39(45)46-3)28-18-33-36-26(14-16-42(33)20-24(28)5-2)25-10-6-8-12-31(25)41-36/h5-13,23,27-29,33-35,37-38,41H,4,14-22H2,1-3H3/b24-5-/t23-,27+,28-,29+,33+,34+,35-,37+,38+,40-/m1/s1. The topological polar surface area (TPSA) is 61.0 Å². The first kappa shape index (κ1) is 28.8. The van der Waals surface area contributed by atoms with Crippen LogP contribution in [-0.4, -0.2) is 79.0 Å². The number of hydrogen-bond acceptors (Lipinski definition) is 6. The van der Waals surface area contributed by atoms with Crippen LogP contribution in [0.4, 0.5) is 5.69 Å². The maximum atomic E-state index is 14.3. The van der Waals surface area contributed by atoms with Gasteiger partial charge in [-0.1, -0.05) is 61.4 Å². The minimum atomic E-state index is -0.409. The fourth-order valence-corrected chi connectivity index (χ4v) is 12.5. The molecule has 246 valence electrons. The highest BCUT2D eigenvalue weighted by Gasteiger charge is 2.70. The lowest BCUT2D eigenvalue weighted by molar-refractivity contribution is -0.165. The van der Waals surface area contributed by atoms with Gasteiger partial charge >= 0.3 is 5.97 Å². The predicted octanol–water partition coefficient (Wildman–Crippen LogP) is 6.06. The molecule has 2 bridgehead atoms. The summed E-state index contributed by atoms with van der Waals surface area (Å²) < 4.78 is 12.9. The van der Waals surface area contributed by atoms with Crippen molar-refractivity contribution in [3.8, 4) is 0 Å². The Bertz CT molecular complexity index is 1780. The Labute approximate surface area is 278 Å². The van der Waals surface area contributed by atoms with Crippen LogP contribution in [0.15, 0.2) is 60.2 Å². The van der Waals surface area contributed by atoms with Gasteiger partial charge in [-0.15, -0.1) is 0 Å². The first-order valence-electron chi connectivity index (χ1n) is 18.4. The van der Waals surface area contributed by atoms with Crippen molar-refractivity contribution in [2.24, 2.45) is 29.6 Å². The van der Waals surface area contributed by atoms with E-state index in [1.807, 2.05) is 0 Å². The van der Waals surface area contributed by atoms with E-state index < -0.39 is 5.92 Å². The molecule has 0 amide bonds. The molecule has 4 saturated heterocycles. The highest BCUT2D eigenvalue weighted by molar-refractivity contribution is 5.85. The normalized spacial score (nSPS) is 38.5. The summed E-state index contributed by atoms with van der Waals surface area (Å²) in [7, 11) is 1.58. The van der Waals surface area contributed by atoms with Crippen molar-refractivity contribution in [2.45, 2.75) is 75.7 Å². The van der Waals surface area contributed by atoms with Crippen molar-refractivity contribution in [3.05, 3.63) is 77.0 Å². The monoisotopic (exact) mass is 632 g/mol. The van der Waals surface area contributed by atoms with Gasteiger partial charge in [0.2, 0.25) is 0 Å². The number of aromatic nitrogens is 1. The van der Waals surface area contributed by atoms with Crippen molar-refractivity contribution < 1.29 is 14.3 Å². The Balaban J connectivity index is 1.09. The van der Waals surface area contributed by atoms with Crippen LogP contribution in [0.2, 0.25) is 0 Å². The van der Waals surface area contributed by atoms with Crippen LogP contribution in [0.1, 0.15) is 62.4 Å². The van der Waals surface area contributed by atoms with Gasteiger partial charge in [0.25, 0.3) is 0 Å². The summed E-state index contributed by atoms with van der Waals surface area (Å²) in [5.41, 5.74) is 8.28. The highest BCUT2D eigenvalue weighted by Crippen LogP contribution is 2.65. The number of ether oxygens (including phenoxy) is 2. The van der Waals surface area contributed by atoms with Crippen molar-refractivity contribution in [1.29, 1.82) is 0 Å². The largest absolute Gasteiger partial charge is 0.469 e. The van der Waals surface area contributed by atoms with Gasteiger partial charge < -0.3 is 19.4 Å². The second-order valence-corrected chi connectivity index (χ2v) is 15.7. The average molecular weight is 633 g/mol. The van der Waals surface area contributed by atoms with E-state index in [0.717, 1.165) is 32.5 Å². The molecule has 1 spiro atoms. The zero-order chi connectivity index (χ0) is 31.6. The summed E-state index contributed by atoms with van der Waals surface area (Å²) in [4.78, 5) is 26.3. The third kappa shape index (κ3) is 3.71. The molecule has 7 nitrogen and oxygen atoms in total. The highest BCUT2D eigenvalue weighted by atomic mass is 16.5. The Hall–Kier alpha value is -3.13. The molecular formula is C40H48N4O3. The zero-order valence-corrected chi connectivity index (χ0v) is 28.0. The molecule has 1 N–H and O–H groups in total. The van der Waals surface area contributed by atoms with Crippen LogP contribution in [-0.2, 0) is 26.1 Å². The lowest BCUT2D eigenvalue weighted by Gasteiger charge is -2.61. The molecule has 0 unspecified atom stereocenters. The first-order valence-corrected chi connectivity index (χ1v) is 18.4. The van der Waals surface area contributed by atoms with Crippen molar-refractivity contribution in [3.63, 3.8) is 0 Å². The van der Waals surface area contributed by atoms with Crippen LogP contribution in [0.25, 0.3) is 10.9 Å². The van der Waals surface area contributed by atoms with Crippen LogP contribution in [0.3, 0.4) is 0 Å². The van der Waals surface area contributed by atoms with Crippen LogP contribution < -0.4 is 4.90 Å². The Morgan fingerprint density at radius 3 is 2.81 bits per heavy atom. The van der Waals surface area contributed by atoms with Gasteiger partial charge in [-0.25, -0.2) is 0 Å². The van der Waals surface area contributed by atoms with Gasteiger partial charge in [0.05, 0.1) is 19.8 Å². The lowest BCUT2D eigenvalue weighted by Crippen LogP contribution is -2.71. The van der Waals surface area contributed by atoms with Crippen LogP contribution >= 0.6 is 0 Å². The van der Waals surface area contributed by atoms with Gasteiger partial charge in [0.15, 0.2) is 0 Å². The molecule has 7 heteroatoms. The third-order valence-electron chi connectivity index (χ3n) is 14.3. The summed E-state index contributed by atoms with van der Waals surface area (Å²) in [6.45, 7) is 9.62. The first-order chi connectivity index (χ1) is 23.1. The smallest absolute Gasteiger partial charge is 0.313 e. The van der Waals surface area contributed by atoms with E-state index in [0.29, 0.717) is 29.8 Å². The summed E-state index contributed by atoms with van der Waals surface area (Å²) in [5.74, 6) is 1.35. The zero-order valence-electron chi connectivity index (χ0n) is 28.0. The number of carbonyl (C=O) groups is 1. The molecule has 1 aliphatic carbocycles. The Morgan fingerprint density at radius 1 is 1.11 bits per heavy atom. The molecule has 7 aliphatic rings. The number of anilines is 1. The number of rotatable bonds is 4. The predicted molar refractivity (Wildman–Crippen MR) is 183 cm³/mol. The molecular weight excluding hydrogens is 584 g/mol. The number of piperidine rings is 2. The molecule has 2 aromatic carbocycles. The summed E-state index contributed by atoms with van der Waals surface area (Å²) in [6.07, 6.45) is 7.58. The Kier molecular flexibility index (Phi) is 6.40. The number of methoxy groups -OCH3 is 1. The number of fused-ring (bicyclic) bond motifs is 9. The van der Waals surface area contributed by atoms with Gasteiger partial charge in [-0.2, -0.15) is 0 Å². The maximum Gasteiger partial charge on any atom is 0.313 e. The number of esters is 1. The summed E-state index contributed by atoms with van der Waals surface area (Å²) in [5, 5.41) is 1.35. The SMILES string of the molecule is C/C=C1/CN2CCc3c([nH]c4ccccc34)[C@@H]2C[C@H]1[C@@H](C(=O)OC)[C@@H]1OC[C@H]2[C@H]3C[C@@H]4N(CC[C@@]45c4ccccc4N1[C@@H]25)C[C@H]3CC. The van der Waals surface area contributed by atoms with Crippen LogP contribution in [0.5, 0.6) is 0 Å². The Morgan fingerprint density at radius 2 is 1.96 bits per heavy atom. The number of H-pyrrole nitrogens is 1. The minimum absolute atomic E-state index is 0.0304. The molecule has 3 aromatic rings. The van der Waals surface area contributed by atoms with E-state index in [-0.39, 0.29) is 29.6 Å². The maximum absolute atomic E-state index is 14.3. The molecule has 5 fully saturated rings. The van der Waals surface area contributed by atoms with Crippen molar-refractivity contribution >= 4 is 22.6 Å².